The molecule has 1 unspecified atom stereocenters. The number of para-hydroxylation sites is 1. The van der Waals surface area contributed by atoms with Crippen molar-refractivity contribution < 1.29 is 9.47 Å². The van der Waals surface area contributed by atoms with E-state index < -0.39 is 0 Å². The summed E-state index contributed by atoms with van der Waals surface area (Å²) in [5.74, 6) is 3.12. The number of benzene rings is 1. The van der Waals surface area contributed by atoms with Gasteiger partial charge in [-0.1, -0.05) is 31.5 Å². The summed E-state index contributed by atoms with van der Waals surface area (Å²) in [5, 5.41) is 0. The van der Waals surface area contributed by atoms with Gasteiger partial charge in [-0.2, -0.15) is 11.8 Å². The van der Waals surface area contributed by atoms with Crippen LogP contribution in [0.1, 0.15) is 32.6 Å². The van der Waals surface area contributed by atoms with Crippen LogP contribution < -0.4 is 4.74 Å². The third-order valence-corrected chi connectivity index (χ3v) is 5.08. The highest BCUT2D eigenvalue weighted by molar-refractivity contribution is 7.99. The summed E-state index contributed by atoms with van der Waals surface area (Å²) in [6.07, 6.45) is 5.35. The molecule has 1 aromatic rings. The fourth-order valence-corrected chi connectivity index (χ4v) is 3.42. The third-order valence-electron chi connectivity index (χ3n) is 3.77. The lowest BCUT2D eigenvalue weighted by atomic mass is 10.1. The molecule has 4 heteroatoms. The van der Waals surface area contributed by atoms with Gasteiger partial charge in [0.05, 0.1) is 6.73 Å². The Labute approximate surface area is 139 Å². The van der Waals surface area contributed by atoms with E-state index in [-0.39, 0.29) is 6.10 Å². The zero-order chi connectivity index (χ0) is 15.5. The van der Waals surface area contributed by atoms with E-state index in [4.69, 9.17) is 9.47 Å². The summed E-state index contributed by atoms with van der Waals surface area (Å²) >= 11 is 1.96. The van der Waals surface area contributed by atoms with Gasteiger partial charge in [0.2, 0.25) is 0 Å². The Hall–Kier alpha value is -0.710. The van der Waals surface area contributed by atoms with Gasteiger partial charge in [-0.3, -0.25) is 4.90 Å². The Kier molecular flexibility index (Phi) is 8.76. The number of rotatable bonds is 10. The Bertz CT molecular complexity index is 382. The average Bonchev–Trinajstić information content (AvgIpc) is 2.59. The summed E-state index contributed by atoms with van der Waals surface area (Å²) in [6, 6.07) is 10.0. The lowest BCUT2D eigenvalue weighted by Crippen LogP contribution is -2.36. The monoisotopic (exact) mass is 323 g/mol. The van der Waals surface area contributed by atoms with Gasteiger partial charge in [0.25, 0.3) is 0 Å². The highest BCUT2D eigenvalue weighted by Gasteiger charge is 2.15. The molecule has 0 saturated carbocycles. The van der Waals surface area contributed by atoms with Crippen molar-refractivity contribution in [2.45, 2.75) is 38.7 Å². The maximum atomic E-state index is 6.13. The molecular formula is C18H29NO2S. The van der Waals surface area contributed by atoms with E-state index in [0.717, 1.165) is 18.2 Å². The summed E-state index contributed by atoms with van der Waals surface area (Å²) in [7, 11) is 0. The van der Waals surface area contributed by atoms with Crippen LogP contribution in [0.2, 0.25) is 0 Å². The first-order chi connectivity index (χ1) is 10.9. The minimum Gasteiger partial charge on any atom is -0.491 e. The number of likely N-dealkylation sites (tertiary alicyclic amines) is 1. The lowest BCUT2D eigenvalue weighted by molar-refractivity contribution is -0.0352. The third kappa shape index (κ3) is 7.03. The van der Waals surface area contributed by atoms with Crippen LogP contribution in [0, 0.1) is 0 Å². The molecule has 124 valence electrons. The van der Waals surface area contributed by atoms with Crippen molar-refractivity contribution >= 4 is 11.8 Å². The van der Waals surface area contributed by atoms with Gasteiger partial charge in [0.1, 0.15) is 18.5 Å². The zero-order valence-corrected chi connectivity index (χ0v) is 14.5. The van der Waals surface area contributed by atoms with Gasteiger partial charge >= 0.3 is 0 Å². The fraction of sp³-hybridized carbons (Fsp3) is 0.667. The van der Waals surface area contributed by atoms with Crippen LogP contribution in [-0.2, 0) is 4.74 Å². The van der Waals surface area contributed by atoms with Crippen molar-refractivity contribution in [3.05, 3.63) is 30.3 Å². The van der Waals surface area contributed by atoms with Crippen molar-refractivity contribution in [2.24, 2.45) is 0 Å². The predicted molar refractivity (Wildman–Crippen MR) is 94.7 cm³/mol. The minimum absolute atomic E-state index is 0.165. The molecule has 0 amide bonds. The normalized spacial score (nSPS) is 17.3. The van der Waals surface area contributed by atoms with Crippen molar-refractivity contribution in [3.63, 3.8) is 0 Å². The van der Waals surface area contributed by atoms with Crippen LogP contribution in [0.3, 0.4) is 0 Å². The number of nitrogens with zero attached hydrogens (tertiary/aromatic N) is 1. The first-order valence-electron chi connectivity index (χ1n) is 8.48. The Morgan fingerprint density at radius 1 is 1.14 bits per heavy atom. The summed E-state index contributed by atoms with van der Waals surface area (Å²) in [6.45, 7) is 5.95. The number of hydrogen-bond acceptors (Lipinski definition) is 4. The smallest absolute Gasteiger partial charge is 0.119 e. The predicted octanol–water partition coefficient (Wildman–Crippen LogP) is 4.04. The second-order valence-electron chi connectivity index (χ2n) is 5.80. The molecule has 1 atom stereocenters. The summed E-state index contributed by atoms with van der Waals surface area (Å²) in [5.41, 5.74) is 0. The highest BCUT2D eigenvalue weighted by atomic mass is 32.2. The van der Waals surface area contributed by atoms with Gasteiger partial charge in [-0.25, -0.2) is 0 Å². The van der Waals surface area contributed by atoms with Crippen LogP contribution >= 0.6 is 11.8 Å². The van der Waals surface area contributed by atoms with Gasteiger partial charge < -0.3 is 9.47 Å². The van der Waals surface area contributed by atoms with E-state index in [9.17, 15) is 0 Å². The van der Waals surface area contributed by atoms with Crippen LogP contribution in [0.5, 0.6) is 5.75 Å². The van der Waals surface area contributed by atoms with Gasteiger partial charge in [0, 0.05) is 18.8 Å². The van der Waals surface area contributed by atoms with Crippen molar-refractivity contribution in [3.8, 4) is 5.75 Å². The van der Waals surface area contributed by atoms with Crippen LogP contribution in [0.25, 0.3) is 0 Å². The molecule has 1 aliphatic heterocycles. The molecule has 1 aromatic carbocycles. The maximum Gasteiger partial charge on any atom is 0.119 e. The fourth-order valence-electron chi connectivity index (χ4n) is 2.51. The molecule has 0 aromatic heterocycles. The largest absolute Gasteiger partial charge is 0.491 e. The Morgan fingerprint density at radius 3 is 2.64 bits per heavy atom. The van der Waals surface area contributed by atoms with Gasteiger partial charge in [-0.15, -0.1) is 0 Å². The molecule has 1 saturated heterocycles. The minimum atomic E-state index is 0.165. The molecule has 2 rings (SSSR count). The van der Waals surface area contributed by atoms with Crippen molar-refractivity contribution in [1.82, 2.24) is 4.90 Å². The second-order valence-corrected chi connectivity index (χ2v) is 6.95. The quantitative estimate of drug-likeness (QED) is 0.606. The molecule has 22 heavy (non-hydrogen) atoms. The van der Waals surface area contributed by atoms with Crippen LogP contribution in [0.15, 0.2) is 30.3 Å². The number of piperidine rings is 1. The van der Waals surface area contributed by atoms with E-state index in [0.29, 0.717) is 6.61 Å². The van der Waals surface area contributed by atoms with Gasteiger partial charge in [-0.05, 0) is 37.1 Å². The van der Waals surface area contributed by atoms with Crippen LogP contribution in [0.4, 0.5) is 0 Å². The SMILES string of the molecule is CCCSCC(COc1ccccc1)OCN1CCCCC1. The highest BCUT2D eigenvalue weighted by Crippen LogP contribution is 2.14. The van der Waals surface area contributed by atoms with Gasteiger partial charge in [0.15, 0.2) is 0 Å². The molecule has 1 fully saturated rings. The number of thioether (sulfide) groups is 1. The molecule has 0 bridgehead atoms. The Balaban J connectivity index is 1.74. The molecule has 0 aliphatic carbocycles. The van der Waals surface area contributed by atoms with Crippen LogP contribution in [-0.4, -0.2) is 48.9 Å². The average molecular weight is 324 g/mol. The summed E-state index contributed by atoms with van der Waals surface area (Å²) < 4.78 is 12.0. The van der Waals surface area contributed by atoms with E-state index >= 15 is 0 Å². The maximum absolute atomic E-state index is 6.13. The number of hydrogen-bond donors (Lipinski definition) is 0. The second kappa shape index (κ2) is 10.9. The van der Waals surface area contributed by atoms with Crippen molar-refractivity contribution in [2.75, 3.05) is 37.9 Å². The molecule has 3 nitrogen and oxygen atoms in total. The lowest BCUT2D eigenvalue weighted by Gasteiger charge is -2.28. The van der Waals surface area contributed by atoms with E-state index in [2.05, 4.69) is 11.8 Å². The topological polar surface area (TPSA) is 21.7 Å². The molecule has 0 radical (unpaired) electrons. The molecular weight excluding hydrogens is 294 g/mol. The molecule has 1 heterocycles. The van der Waals surface area contributed by atoms with E-state index in [1.165, 1.54) is 44.5 Å². The molecule has 0 spiro atoms. The number of ether oxygens (including phenoxy) is 2. The summed E-state index contributed by atoms with van der Waals surface area (Å²) in [4.78, 5) is 2.42. The zero-order valence-electron chi connectivity index (χ0n) is 13.7. The van der Waals surface area contributed by atoms with E-state index in [1.807, 2.05) is 42.1 Å². The first-order valence-corrected chi connectivity index (χ1v) is 9.63. The first kappa shape index (κ1) is 17.6. The standard InChI is InChI=1S/C18H29NO2S/c1-2-13-22-15-18(14-20-17-9-5-3-6-10-17)21-16-19-11-7-4-8-12-19/h3,5-6,9-10,18H,2,4,7-8,11-16H2,1H3. The molecule has 0 N–H and O–H groups in total. The Morgan fingerprint density at radius 2 is 1.91 bits per heavy atom. The molecule has 1 aliphatic rings. The van der Waals surface area contributed by atoms with Crippen molar-refractivity contribution in [1.29, 1.82) is 0 Å². The van der Waals surface area contributed by atoms with E-state index in [1.54, 1.807) is 0 Å².